The second kappa shape index (κ2) is 7.14. The van der Waals surface area contributed by atoms with Crippen molar-refractivity contribution in [3.05, 3.63) is 16.1 Å². The summed E-state index contributed by atoms with van der Waals surface area (Å²) in [5.41, 5.74) is 2.49. The molecule has 8 heteroatoms. The van der Waals surface area contributed by atoms with E-state index < -0.39 is 22.0 Å². The summed E-state index contributed by atoms with van der Waals surface area (Å²) >= 11 is 1.41. The molecule has 1 aromatic heterocycles. The molecule has 0 spiro atoms. The lowest BCUT2D eigenvalue weighted by atomic mass is 10.1. The molecule has 1 aromatic rings. The van der Waals surface area contributed by atoms with Gasteiger partial charge in [0, 0.05) is 4.88 Å². The normalized spacial score (nSPS) is 13.6. The summed E-state index contributed by atoms with van der Waals surface area (Å²) in [4.78, 5) is 16.0. The summed E-state index contributed by atoms with van der Waals surface area (Å²) in [6.45, 7) is 5.53. The number of sulfonamides is 1. The fourth-order valence-electron chi connectivity index (χ4n) is 1.74. The first-order chi connectivity index (χ1) is 9.21. The van der Waals surface area contributed by atoms with Crippen LogP contribution in [0.25, 0.3) is 0 Å². The molecule has 0 unspecified atom stereocenters. The predicted octanol–water partition coefficient (Wildman–Crippen LogP) is 1.41. The van der Waals surface area contributed by atoms with Crippen LogP contribution in [0.3, 0.4) is 0 Å². The SMILES string of the molecule is Cc1ncsc1CCS(=O)(=O)N[C@H](CC(C)C)C(=O)O. The number of nitrogens with one attached hydrogen (secondary N) is 1. The fraction of sp³-hybridized carbons (Fsp3) is 0.667. The van der Waals surface area contributed by atoms with Gasteiger partial charge < -0.3 is 5.11 Å². The smallest absolute Gasteiger partial charge is 0.321 e. The molecule has 2 N–H and O–H groups in total. The van der Waals surface area contributed by atoms with Crippen LogP contribution in [0, 0.1) is 12.8 Å². The maximum atomic E-state index is 11.9. The first kappa shape index (κ1) is 17.1. The van der Waals surface area contributed by atoms with E-state index in [0.717, 1.165) is 10.6 Å². The third-order valence-electron chi connectivity index (χ3n) is 2.77. The van der Waals surface area contributed by atoms with E-state index in [-0.39, 0.29) is 18.1 Å². The summed E-state index contributed by atoms with van der Waals surface area (Å²) in [6.07, 6.45) is 0.619. The van der Waals surface area contributed by atoms with Gasteiger partial charge in [0.2, 0.25) is 10.0 Å². The highest BCUT2D eigenvalue weighted by atomic mass is 32.2. The van der Waals surface area contributed by atoms with Gasteiger partial charge in [-0.3, -0.25) is 4.79 Å². The third kappa shape index (κ3) is 5.56. The second-order valence-corrected chi connectivity index (χ2v) is 7.88. The highest BCUT2D eigenvalue weighted by molar-refractivity contribution is 7.89. The van der Waals surface area contributed by atoms with Crippen molar-refractivity contribution in [2.24, 2.45) is 5.92 Å². The highest BCUT2D eigenvalue weighted by Gasteiger charge is 2.24. The molecule has 0 saturated heterocycles. The molecule has 6 nitrogen and oxygen atoms in total. The number of aliphatic carboxylic acids is 1. The number of rotatable bonds is 8. The molecule has 0 aliphatic rings. The van der Waals surface area contributed by atoms with E-state index in [1.165, 1.54) is 11.3 Å². The Balaban J connectivity index is 2.63. The quantitative estimate of drug-likeness (QED) is 0.755. The fourth-order valence-corrected chi connectivity index (χ4v) is 3.87. The molecule has 1 heterocycles. The summed E-state index contributed by atoms with van der Waals surface area (Å²) in [5.74, 6) is -1.17. The van der Waals surface area contributed by atoms with E-state index in [1.54, 1.807) is 5.51 Å². The van der Waals surface area contributed by atoms with Gasteiger partial charge in [-0.15, -0.1) is 11.3 Å². The van der Waals surface area contributed by atoms with Gasteiger partial charge in [0.1, 0.15) is 6.04 Å². The van der Waals surface area contributed by atoms with Gasteiger partial charge in [-0.1, -0.05) is 13.8 Å². The van der Waals surface area contributed by atoms with Gasteiger partial charge in [0.25, 0.3) is 0 Å². The minimum Gasteiger partial charge on any atom is -0.480 e. The number of hydrogen-bond acceptors (Lipinski definition) is 5. The first-order valence-corrected chi connectivity index (χ1v) is 8.86. The Morgan fingerprint density at radius 1 is 1.50 bits per heavy atom. The van der Waals surface area contributed by atoms with Crippen LogP contribution in [-0.2, 0) is 21.2 Å². The number of thiazole rings is 1. The zero-order chi connectivity index (χ0) is 15.3. The summed E-state index contributed by atoms with van der Waals surface area (Å²) in [7, 11) is -3.62. The number of hydrogen-bond donors (Lipinski definition) is 2. The molecule has 0 amide bonds. The first-order valence-electron chi connectivity index (χ1n) is 6.33. The van der Waals surface area contributed by atoms with Crippen molar-refractivity contribution in [1.82, 2.24) is 9.71 Å². The van der Waals surface area contributed by atoms with Gasteiger partial charge in [0.05, 0.1) is 17.0 Å². The lowest BCUT2D eigenvalue weighted by Gasteiger charge is -2.16. The van der Waals surface area contributed by atoms with Crippen LogP contribution < -0.4 is 4.72 Å². The van der Waals surface area contributed by atoms with Crippen molar-refractivity contribution in [1.29, 1.82) is 0 Å². The van der Waals surface area contributed by atoms with E-state index in [9.17, 15) is 13.2 Å². The molecule has 0 radical (unpaired) electrons. The molecule has 0 aliphatic carbocycles. The van der Waals surface area contributed by atoms with Gasteiger partial charge >= 0.3 is 5.97 Å². The van der Waals surface area contributed by atoms with Gasteiger partial charge in [0.15, 0.2) is 0 Å². The number of carbonyl (C=O) groups is 1. The summed E-state index contributed by atoms with van der Waals surface area (Å²) in [5, 5.41) is 9.05. The Kier molecular flexibility index (Phi) is 6.09. The van der Waals surface area contributed by atoms with Crippen LogP contribution in [0.4, 0.5) is 0 Å². The van der Waals surface area contributed by atoms with E-state index in [2.05, 4.69) is 9.71 Å². The number of aryl methyl sites for hydroxylation is 2. The largest absolute Gasteiger partial charge is 0.480 e. The molecule has 114 valence electrons. The van der Waals surface area contributed by atoms with Gasteiger partial charge in [-0.25, -0.2) is 18.1 Å². The van der Waals surface area contributed by atoms with Crippen LogP contribution in [0.1, 0.15) is 30.8 Å². The zero-order valence-electron chi connectivity index (χ0n) is 11.8. The molecule has 1 rings (SSSR count). The average Bonchev–Trinajstić information content (AvgIpc) is 2.70. The number of aromatic nitrogens is 1. The zero-order valence-corrected chi connectivity index (χ0v) is 13.4. The Hall–Kier alpha value is -0.990. The van der Waals surface area contributed by atoms with E-state index in [4.69, 9.17) is 5.11 Å². The van der Waals surface area contributed by atoms with Crippen molar-refractivity contribution < 1.29 is 18.3 Å². The maximum Gasteiger partial charge on any atom is 0.321 e. The maximum absolute atomic E-state index is 11.9. The molecular weight excluding hydrogens is 300 g/mol. The Morgan fingerprint density at radius 2 is 2.15 bits per heavy atom. The van der Waals surface area contributed by atoms with Crippen LogP contribution in [0.15, 0.2) is 5.51 Å². The monoisotopic (exact) mass is 320 g/mol. The molecule has 20 heavy (non-hydrogen) atoms. The Morgan fingerprint density at radius 3 is 2.60 bits per heavy atom. The Bertz CT molecular complexity index is 552. The second-order valence-electron chi connectivity index (χ2n) is 5.07. The van der Waals surface area contributed by atoms with Crippen molar-refractivity contribution in [3.8, 4) is 0 Å². The average molecular weight is 320 g/mol. The van der Waals surface area contributed by atoms with E-state index in [1.807, 2.05) is 20.8 Å². The van der Waals surface area contributed by atoms with Crippen LogP contribution in [0.2, 0.25) is 0 Å². The van der Waals surface area contributed by atoms with Crippen molar-refractivity contribution in [2.45, 2.75) is 39.7 Å². The summed E-state index contributed by atoms with van der Waals surface area (Å²) < 4.78 is 26.1. The predicted molar refractivity (Wildman–Crippen MR) is 78.4 cm³/mol. The molecule has 0 fully saturated rings. The molecule has 0 aromatic carbocycles. The van der Waals surface area contributed by atoms with Crippen molar-refractivity contribution >= 4 is 27.3 Å². The molecule has 1 atom stereocenters. The molecular formula is C12H20N2O4S2. The number of nitrogens with zero attached hydrogens (tertiary/aromatic N) is 1. The van der Waals surface area contributed by atoms with E-state index >= 15 is 0 Å². The molecule has 0 aliphatic heterocycles. The molecule has 0 bridgehead atoms. The minimum atomic E-state index is -3.62. The van der Waals surface area contributed by atoms with Crippen molar-refractivity contribution in [2.75, 3.05) is 5.75 Å². The third-order valence-corrected chi connectivity index (χ3v) is 5.15. The summed E-state index contributed by atoms with van der Waals surface area (Å²) in [6, 6.07) is -1.07. The minimum absolute atomic E-state index is 0.0996. The number of carboxylic acid groups (broad SMARTS) is 1. The van der Waals surface area contributed by atoms with Crippen LogP contribution in [0.5, 0.6) is 0 Å². The van der Waals surface area contributed by atoms with Crippen molar-refractivity contribution in [3.63, 3.8) is 0 Å². The number of carboxylic acids is 1. The lowest BCUT2D eigenvalue weighted by Crippen LogP contribution is -2.42. The van der Waals surface area contributed by atoms with Crippen LogP contribution >= 0.6 is 11.3 Å². The van der Waals surface area contributed by atoms with Gasteiger partial charge in [-0.2, -0.15) is 0 Å². The lowest BCUT2D eigenvalue weighted by molar-refractivity contribution is -0.139. The van der Waals surface area contributed by atoms with Gasteiger partial charge in [-0.05, 0) is 25.7 Å². The van der Waals surface area contributed by atoms with Crippen LogP contribution in [-0.4, -0.2) is 36.3 Å². The highest BCUT2D eigenvalue weighted by Crippen LogP contribution is 2.14. The topological polar surface area (TPSA) is 96.4 Å². The Labute approximate surface area is 123 Å². The molecule has 0 saturated carbocycles. The van der Waals surface area contributed by atoms with E-state index in [0.29, 0.717) is 6.42 Å². The standard InChI is InChI=1S/C12H20N2O4S2/c1-8(2)6-10(12(15)16)14-20(17,18)5-4-11-9(3)13-7-19-11/h7-8,10,14H,4-6H2,1-3H3,(H,15,16)/t10-/m1/s1.